The summed E-state index contributed by atoms with van der Waals surface area (Å²) >= 11 is 0. The number of anilines is 1. The summed E-state index contributed by atoms with van der Waals surface area (Å²) in [5.41, 5.74) is 6.04. The molecular weight excluding hydrogens is 284 g/mol. The molecule has 0 spiro atoms. The molecule has 0 aliphatic carbocycles. The molecule has 1 aromatic carbocycles. The van der Waals surface area contributed by atoms with Crippen molar-refractivity contribution in [2.24, 2.45) is 11.7 Å². The van der Waals surface area contributed by atoms with Crippen molar-refractivity contribution in [3.8, 4) is 5.75 Å². The van der Waals surface area contributed by atoms with Crippen molar-refractivity contribution in [3.63, 3.8) is 0 Å². The van der Waals surface area contributed by atoms with E-state index in [0.717, 1.165) is 12.8 Å². The second-order valence-electron chi connectivity index (χ2n) is 5.71. The zero-order valence-electron chi connectivity index (χ0n) is 12.4. The van der Waals surface area contributed by atoms with E-state index in [0.29, 0.717) is 31.2 Å². The van der Waals surface area contributed by atoms with Crippen molar-refractivity contribution < 1.29 is 19.1 Å². The van der Waals surface area contributed by atoms with Gasteiger partial charge in [0.25, 0.3) is 0 Å². The maximum Gasteiger partial charge on any atom is 0.227 e. The molecule has 3 rings (SSSR count). The van der Waals surface area contributed by atoms with Crippen molar-refractivity contribution in [1.82, 2.24) is 0 Å². The average molecular weight is 304 g/mol. The predicted octanol–water partition coefficient (Wildman–Crippen LogP) is 1.08. The molecule has 2 heterocycles. The van der Waals surface area contributed by atoms with E-state index in [4.69, 9.17) is 15.2 Å². The van der Waals surface area contributed by atoms with Crippen LogP contribution in [0.4, 0.5) is 5.69 Å². The Bertz CT molecular complexity index is 569. The van der Waals surface area contributed by atoms with Crippen LogP contribution in [0.3, 0.4) is 0 Å². The third kappa shape index (κ3) is 3.06. The Morgan fingerprint density at radius 1 is 1.27 bits per heavy atom. The van der Waals surface area contributed by atoms with Gasteiger partial charge in [-0.3, -0.25) is 9.59 Å². The highest BCUT2D eigenvalue weighted by Gasteiger charge is 2.35. The molecule has 0 bridgehead atoms. The maximum atomic E-state index is 12.2. The van der Waals surface area contributed by atoms with Gasteiger partial charge in [-0.15, -0.1) is 0 Å². The molecule has 0 aromatic heterocycles. The Labute approximate surface area is 129 Å². The van der Waals surface area contributed by atoms with Gasteiger partial charge < -0.3 is 20.1 Å². The van der Waals surface area contributed by atoms with Gasteiger partial charge in [0.15, 0.2) is 0 Å². The average Bonchev–Trinajstić information content (AvgIpc) is 2.91. The van der Waals surface area contributed by atoms with Gasteiger partial charge in [-0.25, -0.2) is 0 Å². The Morgan fingerprint density at radius 2 is 2.00 bits per heavy atom. The van der Waals surface area contributed by atoms with Gasteiger partial charge in [-0.2, -0.15) is 0 Å². The third-order valence-electron chi connectivity index (χ3n) is 4.15. The lowest BCUT2D eigenvalue weighted by molar-refractivity contribution is -0.123. The molecule has 2 amide bonds. The minimum atomic E-state index is -0.432. The summed E-state index contributed by atoms with van der Waals surface area (Å²) in [7, 11) is 0. The van der Waals surface area contributed by atoms with E-state index in [1.165, 1.54) is 0 Å². The molecule has 1 aromatic rings. The number of benzene rings is 1. The Morgan fingerprint density at radius 3 is 2.68 bits per heavy atom. The van der Waals surface area contributed by atoms with E-state index < -0.39 is 11.8 Å². The second-order valence-corrected chi connectivity index (χ2v) is 5.71. The largest absolute Gasteiger partial charge is 0.488 e. The van der Waals surface area contributed by atoms with Crippen LogP contribution < -0.4 is 15.4 Å². The predicted molar refractivity (Wildman–Crippen MR) is 80.6 cm³/mol. The molecule has 2 aliphatic heterocycles. The quantitative estimate of drug-likeness (QED) is 0.902. The third-order valence-corrected chi connectivity index (χ3v) is 4.15. The first-order chi connectivity index (χ1) is 10.6. The number of amides is 2. The molecule has 0 radical (unpaired) electrons. The van der Waals surface area contributed by atoms with Crippen molar-refractivity contribution in [2.75, 3.05) is 24.7 Å². The molecule has 6 heteroatoms. The molecule has 2 saturated heterocycles. The molecule has 0 saturated carbocycles. The minimum absolute atomic E-state index is 0.0909. The highest BCUT2D eigenvalue weighted by atomic mass is 16.5. The van der Waals surface area contributed by atoms with Crippen LogP contribution in [0.5, 0.6) is 5.75 Å². The summed E-state index contributed by atoms with van der Waals surface area (Å²) in [6, 6.07) is 7.44. The molecule has 22 heavy (non-hydrogen) atoms. The van der Waals surface area contributed by atoms with Crippen molar-refractivity contribution in [1.29, 1.82) is 0 Å². The van der Waals surface area contributed by atoms with Crippen LogP contribution in [0.2, 0.25) is 0 Å². The van der Waals surface area contributed by atoms with Crippen LogP contribution in [0.25, 0.3) is 0 Å². The van der Waals surface area contributed by atoms with E-state index in [9.17, 15) is 9.59 Å². The normalized spacial score (nSPS) is 22.8. The zero-order valence-corrected chi connectivity index (χ0v) is 12.4. The van der Waals surface area contributed by atoms with E-state index in [1.807, 2.05) is 24.3 Å². The summed E-state index contributed by atoms with van der Waals surface area (Å²) in [5.74, 6) is -0.276. The minimum Gasteiger partial charge on any atom is -0.488 e. The molecule has 2 aliphatic rings. The topological polar surface area (TPSA) is 81.9 Å². The molecular formula is C16H20N2O4. The number of nitrogens with zero attached hydrogens (tertiary/aromatic N) is 1. The Kier molecular flexibility index (Phi) is 4.29. The summed E-state index contributed by atoms with van der Waals surface area (Å²) in [6.45, 7) is 1.71. The molecule has 1 atom stereocenters. The molecule has 2 fully saturated rings. The number of rotatable bonds is 4. The molecule has 2 N–H and O–H groups in total. The van der Waals surface area contributed by atoms with Crippen LogP contribution in [-0.4, -0.2) is 37.7 Å². The highest BCUT2D eigenvalue weighted by Crippen LogP contribution is 2.34. The summed E-state index contributed by atoms with van der Waals surface area (Å²) in [4.78, 5) is 25.1. The van der Waals surface area contributed by atoms with E-state index in [1.54, 1.807) is 4.90 Å². The van der Waals surface area contributed by atoms with Crippen molar-refractivity contribution in [3.05, 3.63) is 24.3 Å². The molecule has 1 unspecified atom stereocenters. The Balaban J connectivity index is 1.79. The van der Waals surface area contributed by atoms with Crippen molar-refractivity contribution in [2.45, 2.75) is 25.4 Å². The van der Waals surface area contributed by atoms with Crippen LogP contribution >= 0.6 is 0 Å². The molecule has 6 nitrogen and oxygen atoms in total. The number of carbonyl (C=O) groups is 2. The van der Waals surface area contributed by atoms with Crippen LogP contribution in [0, 0.1) is 5.92 Å². The maximum absolute atomic E-state index is 12.2. The smallest absolute Gasteiger partial charge is 0.227 e. The number of carbonyl (C=O) groups excluding carboxylic acids is 2. The SMILES string of the molecule is NC(=O)C1CC(=O)N(c2ccccc2OC2CCOCC2)C1. The zero-order chi connectivity index (χ0) is 15.5. The summed E-state index contributed by atoms with van der Waals surface area (Å²) in [6.07, 6.45) is 1.94. The first-order valence-corrected chi connectivity index (χ1v) is 7.58. The van der Waals surface area contributed by atoms with Gasteiger partial charge in [0.1, 0.15) is 11.9 Å². The van der Waals surface area contributed by atoms with E-state index in [2.05, 4.69) is 0 Å². The lowest BCUT2D eigenvalue weighted by Gasteiger charge is -2.26. The highest BCUT2D eigenvalue weighted by molar-refractivity contribution is 6.01. The van der Waals surface area contributed by atoms with Crippen LogP contribution in [0.1, 0.15) is 19.3 Å². The lowest BCUT2D eigenvalue weighted by Crippen LogP contribution is -2.30. The first-order valence-electron chi connectivity index (χ1n) is 7.58. The van der Waals surface area contributed by atoms with Gasteiger partial charge in [0.05, 0.1) is 24.8 Å². The first kappa shape index (κ1) is 14.8. The summed E-state index contributed by atoms with van der Waals surface area (Å²) in [5, 5.41) is 0. The number of para-hydroxylation sites is 2. The van der Waals surface area contributed by atoms with E-state index >= 15 is 0 Å². The fourth-order valence-corrected chi connectivity index (χ4v) is 2.88. The Hall–Kier alpha value is -2.08. The number of hydrogen-bond donors (Lipinski definition) is 1. The van der Waals surface area contributed by atoms with Gasteiger partial charge >= 0.3 is 0 Å². The van der Waals surface area contributed by atoms with Gasteiger partial charge in [0.2, 0.25) is 11.8 Å². The molecule has 118 valence electrons. The number of ether oxygens (including phenoxy) is 2. The van der Waals surface area contributed by atoms with E-state index in [-0.39, 0.29) is 18.4 Å². The standard InChI is InChI=1S/C16H20N2O4/c17-16(20)11-9-15(19)18(10-11)13-3-1-2-4-14(13)22-12-5-7-21-8-6-12/h1-4,11-12H,5-10H2,(H2,17,20). The van der Waals surface area contributed by atoms with Gasteiger partial charge in [-0.05, 0) is 12.1 Å². The van der Waals surface area contributed by atoms with Crippen LogP contribution in [0.15, 0.2) is 24.3 Å². The number of hydrogen-bond acceptors (Lipinski definition) is 4. The summed E-state index contributed by atoms with van der Waals surface area (Å²) < 4.78 is 11.4. The fourth-order valence-electron chi connectivity index (χ4n) is 2.88. The van der Waals surface area contributed by atoms with Crippen LogP contribution in [-0.2, 0) is 14.3 Å². The monoisotopic (exact) mass is 304 g/mol. The number of nitrogens with two attached hydrogens (primary N) is 1. The fraction of sp³-hybridized carbons (Fsp3) is 0.500. The number of primary amides is 1. The second kappa shape index (κ2) is 6.36. The van der Waals surface area contributed by atoms with Gasteiger partial charge in [-0.1, -0.05) is 12.1 Å². The van der Waals surface area contributed by atoms with Crippen molar-refractivity contribution >= 4 is 17.5 Å². The van der Waals surface area contributed by atoms with Gasteiger partial charge in [0, 0.05) is 25.8 Å². The lowest BCUT2D eigenvalue weighted by atomic mass is 10.1.